The van der Waals surface area contributed by atoms with Gasteiger partial charge in [-0.25, -0.2) is 8.42 Å². The van der Waals surface area contributed by atoms with Crippen LogP contribution in [0.4, 0.5) is 5.69 Å². The van der Waals surface area contributed by atoms with Gasteiger partial charge in [-0.1, -0.05) is 19.1 Å². The number of benzene rings is 1. The van der Waals surface area contributed by atoms with Crippen LogP contribution in [0, 0.1) is 10.1 Å². The molecule has 0 amide bonds. The molecule has 17 heavy (non-hydrogen) atoms. The second-order valence-electron chi connectivity index (χ2n) is 4.18. The number of nitro groups is 1. The Balaban J connectivity index is 2.14. The van der Waals surface area contributed by atoms with Crippen LogP contribution in [0.1, 0.15) is 24.8 Å². The van der Waals surface area contributed by atoms with Crippen molar-refractivity contribution in [2.45, 2.75) is 24.5 Å². The molecule has 0 bridgehead atoms. The standard InChI is InChI=1S/C11H13NO4S/c1-2-17(15,16)11-7-10(11)8-3-5-9(6-4-8)12(13)14/h3-6,10-11H,2,7H2,1H3/t10-,11-/m0/s1. The highest BCUT2D eigenvalue weighted by atomic mass is 32.2. The molecule has 0 aromatic heterocycles. The molecule has 1 aliphatic carbocycles. The molecular formula is C11H13NO4S. The van der Waals surface area contributed by atoms with Gasteiger partial charge in [0.25, 0.3) is 5.69 Å². The molecule has 1 aliphatic rings. The fraction of sp³-hybridized carbons (Fsp3) is 0.455. The lowest BCUT2D eigenvalue weighted by atomic mass is 10.1. The third-order valence-corrected chi connectivity index (χ3v) is 5.38. The minimum Gasteiger partial charge on any atom is -0.258 e. The molecule has 5 nitrogen and oxygen atoms in total. The maximum absolute atomic E-state index is 11.6. The van der Waals surface area contributed by atoms with Gasteiger partial charge in [-0.15, -0.1) is 0 Å². The van der Waals surface area contributed by atoms with Crippen molar-refractivity contribution < 1.29 is 13.3 Å². The summed E-state index contributed by atoms with van der Waals surface area (Å²) in [4.78, 5) is 10.0. The van der Waals surface area contributed by atoms with E-state index in [1.807, 2.05) is 0 Å². The van der Waals surface area contributed by atoms with Gasteiger partial charge in [0.2, 0.25) is 0 Å². The molecule has 0 aliphatic heterocycles. The van der Waals surface area contributed by atoms with E-state index in [0.717, 1.165) is 5.56 Å². The Morgan fingerprint density at radius 3 is 2.41 bits per heavy atom. The van der Waals surface area contributed by atoms with E-state index < -0.39 is 14.8 Å². The fourth-order valence-corrected chi connectivity index (χ4v) is 3.56. The average molecular weight is 255 g/mol. The Morgan fingerprint density at radius 1 is 1.35 bits per heavy atom. The second kappa shape index (κ2) is 4.10. The summed E-state index contributed by atoms with van der Waals surface area (Å²) in [6.07, 6.45) is 0.633. The van der Waals surface area contributed by atoms with Crippen molar-refractivity contribution in [2.75, 3.05) is 5.75 Å². The Labute approximate surface area is 99.5 Å². The first-order chi connectivity index (χ1) is 7.95. The van der Waals surface area contributed by atoms with E-state index in [4.69, 9.17) is 0 Å². The Hall–Kier alpha value is -1.43. The summed E-state index contributed by atoms with van der Waals surface area (Å²) in [6.45, 7) is 1.64. The minimum absolute atomic E-state index is 0.0146. The smallest absolute Gasteiger partial charge is 0.258 e. The average Bonchev–Trinajstić information content (AvgIpc) is 3.10. The molecule has 0 unspecified atom stereocenters. The maximum atomic E-state index is 11.6. The molecule has 0 saturated heterocycles. The van der Waals surface area contributed by atoms with Gasteiger partial charge in [0.1, 0.15) is 0 Å². The third kappa shape index (κ3) is 2.31. The maximum Gasteiger partial charge on any atom is 0.269 e. The van der Waals surface area contributed by atoms with Crippen LogP contribution < -0.4 is 0 Å². The van der Waals surface area contributed by atoms with Crippen LogP contribution in [0.15, 0.2) is 24.3 Å². The molecule has 1 aromatic rings. The molecule has 0 radical (unpaired) electrons. The van der Waals surface area contributed by atoms with Crippen molar-refractivity contribution in [1.82, 2.24) is 0 Å². The van der Waals surface area contributed by atoms with Crippen molar-refractivity contribution in [3.05, 3.63) is 39.9 Å². The van der Waals surface area contributed by atoms with E-state index in [9.17, 15) is 18.5 Å². The Bertz CT molecular complexity index is 535. The minimum atomic E-state index is -2.98. The molecule has 0 N–H and O–H groups in total. The van der Waals surface area contributed by atoms with Gasteiger partial charge >= 0.3 is 0 Å². The first-order valence-corrected chi connectivity index (χ1v) is 7.13. The van der Waals surface area contributed by atoms with Crippen LogP contribution in [0.3, 0.4) is 0 Å². The quantitative estimate of drug-likeness (QED) is 0.608. The molecule has 0 heterocycles. The molecule has 2 atom stereocenters. The van der Waals surface area contributed by atoms with Crippen molar-refractivity contribution in [2.24, 2.45) is 0 Å². The summed E-state index contributed by atoms with van der Waals surface area (Å²) in [6, 6.07) is 6.13. The number of hydrogen-bond acceptors (Lipinski definition) is 4. The molecule has 1 aromatic carbocycles. The highest BCUT2D eigenvalue weighted by Gasteiger charge is 2.46. The molecule has 92 valence electrons. The van der Waals surface area contributed by atoms with Gasteiger partial charge in [-0.05, 0) is 12.0 Å². The lowest BCUT2D eigenvalue weighted by molar-refractivity contribution is -0.384. The van der Waals surface area contributed by atoms with Gasteiger partial charge in [-0.2, -0.15) is 0 Å². The van der Waals surface area contributed by atoms with Gasteiger partial charge in [-0.3, -0.25) is 10.1 Å². The number of nitro benzene ring substituents is 1. The summed E-state index contributed by atoms with van der Waals surface area (Å²) in [7, 11) is -2.98. The monoisotopic (exact) mass is 255 g/mol. The third-order valence-electron chi connectivity index (χ3n) is 3.13. The van der Waals surface area contributed by atoms with Gasteiger partial charge < -0.3 is 0 Å². The van der Waals surface area contributed by atoms with E-state index >= 15 is 0 Å². The Kier molecular flexibility index (Phi) is 2.91. The van der Waals surface area contributed by atoms with Crippen molar-refractivity contribution in [3.63, 3.8) is 0 Å². The van der Waals surface area contributed by atoms with Crippen molar-refractivity contribution in [3.8, 4) is 0 Å². The number of rotatable bonds is 4. The highest BCUT2D eigenvalue weighted by molar-refractivity contribution is 7.92. The summed E-state index contributed by atoms with van der Waals surface area (Å²) in [5.41, 5.74) is 0.905. The predicted molar refractivity (Wildman–Crippen MR) is 63.7 cm³/mol. The SMILES string of the molecule is CCS(=O)(=O)[C@H]1C[C@H]1c1ccc([N+](=O)[O-])cc1. The van der Waals surface area contributed by atoms with E-state index in [-0.39, 0.29) is 22.6 Å². The summed E-state index contributed by atoms with van der Waals surface area (Å²) in [5.74, 6) is 0.169. The number of hydrogen-bond donors (Lipinski definition) is 0. The lowest BCUT2D eigenvalue weighted by Gasteiger charge is -2.00. The topological polar surface area (TPSA) is 77.3 Å². The number of sulfone groups is 1. The van der Waals surface area contributed by atoms with E-state index in [2.05, 4.69) is 0 Å². The van der Waals surface area contributed by atoms with Gasteiger partial charge in [0.15, 0.2) is 9.84 Å². The first kappa shape index (κ1) is 12.0. The molecule has 1 fully saturated rings. The van der Waals surface area contributed by atoms with Crippen molar-refractivity contribution >= 4 is 15.5 Å². The number of non-ortho nitro benzene ring substituents is 1. The molecule has 0 spiro atoms. The summed E-state index contributed by atoms with van der Waals surface area (Å²) < 4.78 is 23.2. The van der Waals surface area contributed by atoms with Gasteiger partial charge in [0, 0.05) is 23.8 Å². The van der Waals surface area contributed by atoms with Gasteiger partial charge in [0.05, 0.1) is 10.2 Å². The molecule has 2 rings (SSSR count). The Morgan fingerprint density at radius 2 is 1.94 bits per heavy atom. The van der Waals surface area contributed by atoms with E-state index in [1.54, 1.807) is 19.1 Å². The molecule has 6 heteroatoms. The first-order valence-electron chi connectivity index (χ1n) is 5.41. The highest BCUT2D eigenvalue weighted by Crippen LogP contribution is 2.46. The number of nitrogens with zero attached hydrogens (tertiary/aromatic N) is 1. The van der Waals surface area contributed by atoms with Crippen LogP contribution >= 0.6 is 0 Å². The zero-order valence-corrected chi connectivity index (χ0v) is 10.2. The van der Waals surface area contributed by atoms with E-state index in [0.29, 0.717) is 6.42 Å². The summed E-state index contributed by atoms with van der Waals surface area (Å²) >= 11 is 0. The zero-order valence-electron chi connectivity index (χ0n) is 9.37. The van der Waals surface area contributed by atoms with Crippen LogP contribution in [-0.2, 0) is 9.84 Å². The largest absolute Gasteiger partial charge is 0.269 e. The summed E-state index contributed by atoms with van der Waals surface area (Å²) in [5, 5.41) is 10.2. The van der Waals surface area contributed by atoms with Crippen LogP contribution in [0.25, 0.3) is 0 Å². The van der Waals surface area contributed by atoms with Crippen LogP contribution in [0.5, 0.6) is 0 Å². The van der Waals surface area contributed by atoms with Crippen LogP contribution in [-0.4, -0.2) is 24.3 Å². The lowest BCUT2D eigenvalue weighted by Crippen LogP contribution is -2.10. The molecular weight excluding hydrogens is 242 g/mol. The molecule has 1 saturated carbocycles. The van der Waals surface area contributed by atoms with Crippen LogP contribution in [0.2, 0.25) is 0 Å². The zero-order chi connectivity index (χ0) is 12.6. The second-order valence-corrected chi connectivity index (χ2v) is 6.69. The van der Waals surface area contributed by atoms with Crippen molar-refractivity contribution in [1.29, 1.82) is 0 Å². The predicted octanol–water partition coefficient (Wildman–Crippen LogP) is 1.89. The fourth-order valence-electron chi connectivity index (χ4n) is 1.98. The normalized spacial score (nSPS) is 23.4. The van der Waals surface area contributed by atoms with E-state index in [1.165, 1.54) is 12.1 Å².